The van der Waals surface area contributed by atoms with Crippen LogP contribution < -0.4 is 14.8 Å². The van der Waals surface area contributed by atoms with Crippen molar-refractivity contribution in [1.82, 2.24) is 5.32 Å². The van der Waals surface area contributed by atoms with Crippen molar-refractivity contribution in [3.05, 3.63) is 23.8 Å². The second kappa shape index (κ2) is 7.88. The van der Waals surface area contributed by atoms with Crippen LogP contribution in [0, 0.1) is 5.41 Å². The van der Waals surface area contributed by atoms with E-state index < -0.39 is 0 Å². The number of hydrogen-bond donors (Lipinski definition) is 2. The minimum atomic E-state index is -0.192. The third-order valence-corrected chi connectivity index (χ3v) is 3.39. The quantitative estimate of drug-likeness (QED) is 0.772. The number of carbonyl (C=O) groups is 1. The molecule has 0 aliphatic carbocycles. The lowest BCUT2D eigenvalue weighted by atomic mass is 9.88. The SMILES string of the molecule is COc1cccc(C(=O)NCC(C)(C)CCCO)c1OC. The summed E-state index contributed by atoms with van der Waals surface area (Å²) in [6.07, 6.45) is 1.57. The standard InChI is InChI=1S/C16H25NO4/c1-16(2,9-6-10-18)11-17-15(19)12-7-5-8-13(20-3)14(12)21-4/h5,7-8,18H,6,9-11H2,1-4H3,(H,17,19). The fourth-order valence-corrected chi connectivity index (χ4v) is 2.13. The van der Waals surface area contributed by atoms with Gasteiger partial charge in [0.05, 0.1) is 19.8 Å². The van der Waals surface area contributed by atoms with Gasteiger partial charge in [-0.3, -0.25) is 4.79 Å². The number of hydrogen-bond acceptors (Lipinski definition) is 4. The molecule has 118 valence electrons. The number of ether oxygens (including phenoxy) is 2. The van der Waals surface area contributed by atoms with Crippen LogP contribution in [0.2, 0.25) is 0 Å². The summed E-state index contributed by atoms with van der Waals surface area (Å²) in [6.45, 7) is 4.82. The summed E-state index contributed by atoms with van der Waals surface area (Å²) < 4.78 is 10.5. The number of para-hydroxylation sites is 1. The third kappa shape index (κ3) is 4.93. The molecule has 1 aromatic carbocycles. The summed E-state index contributed by atoms with van der Waals surface area (Å²) in [7, 11) is 3.05. The maximum absolute atomic E-state index is 12.3. The molecule has 0 radical (unpaired) electrons. The predicted octanol–water partition coefficient (Wildman–Crippen LogP) is 2.23. The molecule has 21 heavy (non-hydrogen) atoms. The van der Waals surface area contributed by atoms with Crippen molar-refractivity contribution in [2.45, 2.75) is 26.7 Å². The largest absolute Gasteiger partial charge is 0.493 e. The van der Waals surface area contributed by atoms with E-state index in [1.165, 1.54) is 14.2 Å². The molecule has 5 nitrogen and oxygen atoms in total. The Balaban J connectivity index is 2.76. The van der Waals surface area contributed by atoms with Gasteiger partial charge in [0.2, 0.25) is 0 Å². The van der Waals surface area contributed by atoms with E-state index >= 15 is 0 Å². The molecule has 0 aliphatic heterocycles. The molecular formula is C16H25NO4. The Bertz CT molecular complexity index is 471. The normalized spacial score (nSPS) is 11.1. The molecule has 5 heteroatoms. The first-order chi connectivity index (χ1) is 9.95. The molecule has 0 aliphatic rings. The minimum Gasteiger partial charge on any atom is -0.493 e. The van der Waals surface area contributed by atoms with Crippen LogP contribution >= 0.6 is 0 Å². The first-order valence-corrected chi connectivity index (χ1v) is 7.05. The van der Waals surface area contributed by atoms with Gasteiger partial charge in [0.15, 0.2) is 11.5 Å². The molecule has 2 N–H and O–H groups in total. The minimum absolute atomic E-state index is 0.0650. The second-order valence-electron chi connectivity index (χ2n) is 5.72. The van der Waals surface area contributed by atoms with E-state index in [1.807, 2.05) is 0 Å². The van der Waals surface area contributed by atoms with Crippen LogP contribution in [-0.4, -0.2) is 38.4 Å². The van der Waals surface area contributed by atoms with Crippen LogP contribution in [0.25, 0.3) is 0 Å². The van der Waals surface area contributed by atoms with E-state index in [0.717, 1.165) is 12.8 Å². The molecule has 0 saturated heterocycles. The van der Waals surface area contributed by atoms with Crippen molar-refractivity contribution in [2.24, 2.45) is 5.41 Å². The van der Waals surface area contributed by atoms with Gasteiger partial charge >= 0.3 is 0 Å². The molecule has 0 bridgehead atoms. The fourth-order valence-electron chi connectivity index (χ4n) is 2.13. The summed E-state index contributed by atoms with van der Waals surface area (Å²) in [5.41, 5.74) is 0.389. The Morgan fingerprint density at radius 1 is 1.29 bits per heavy atom. The Morgan fingerprint density at radius 2 is 2.00 bits per heavy atom. The first kappa shape index (κ1) is 17.3. The van der Waals surface area contributed by atoms with E-state index in [0.29, 0.717) is 23.6 Å². The summed E-state index contributed by atoms with van der Waals surface area (Å²) in [5, 5.41) is 11.8. The maximum atomic E-state index is 12.3. The number of benzene rings is 1. The van der Waals surface area contributed by atoms with Crippen LogP contribution in [-0.2, 0) is 0 Å². The number of rotatable bonds is 8. The van der Waals surface area contributed by atoms with Crippen LogP contribution in [0.5, 0.6) is 11.5 Å². The molecule has 1 rings (SSSR count). The summed E-state index contributed by atoms with van der Waals surface area (Å²) >= 11 is 0. The number of methoxy groups -OCH3 is 2. The van der Waals surface area contributed by atoms with Crippen LogP contribution in [0.4, 0.5) is 0 Å². The molecule has 1 aromatic rings. The molecule has 0 aromatic heterocycles. The van der Waals surface area contributed by atoms with Gasteiger partial charge in [-0.2, -0.15) is 0 Å². The fraction of sp³-hybridized carbons (Fsp3) is 0.562. The van der Waals surface area contributed by atoms with E-state index in [4.69, 9.17) is 14.6 Å². The lowest BCUT2D eigenvalue weighted by Gasteiger charge is -2.25. The summed E-state index contributed by atoms with van der Waals surface area (Å²) in [5.74, 6) is 0.776. The van der Waals surface area contributed by atoms with Gasteiger partial charge in [-0.05, 0) is 30.4 Å². The monoisotopic (exact) mass is 295 g/mol. The van der Waals surface area contributed by atoms with Crippen molar-refractivity contribution in [3.63, 3.8) is 0 Å². The highest BCUT2D eigenvalue weighted by Gasteiger charge is 2.21. The van der Waals surface area contributed by atoms with Gasteiger partial charge in [-0.25, -0.2) is 0 Å². The highest BCUT2D eigenvalue weighted by molar-refractivity contribution is 5.97. The summed E-state index contributed by atoms with van der Waals surface area (Å²) in [4.78, 5) is 12.3. The van der Waals surface area contributed by atoms with Crippen molar-refractivity contribution in [2.75, 3.05) is 27.4 Å². The average Bonchev–Trinajstić information content (AvgIpc) is 2.49. The Morgan fingerprint density at radius 3 is 2.57 bits per heavy atom. The molecule has 0 saturated carbocycles. The van der Waals surface area contributed by atoms with Crippen molar-refractivity contribution < 1.29 is 19.4 Å². The van der Waals surface area contributed by atoms with E-state index in [-0.39, 0.29) is 17.9 Å². The molecule has 0 heterocycles. The molecule has 0 unspecified atom stereocenters. The second-order valence-corrected chi connectivity index (χ2v) is 5.72. The third-order valence-electron chi connectivity index (χ3n) is 3.39. The molecular weight excluding hydrogens is 270 g/mol. The number of aliphatic hydroxyl groups is 1. The van der Waals surface area contributed by atoms with Gasteiger partial charge < -0.3 is 19.9 Å². The topological polar surface area (TPSA) is 67.8 Å². The van der Waals surface area contributed by atoms with Crippen molar-refractivity contribution in [1.29, 1.82) is 0 Å². The Kier molecular flexibility index (Phi) is 6.49. The summed E-state index contributed by atoms with van der Waals surface area (Å²) in [6, 6.07) is 5.21. The van der Waals surface area contributed by atoms with Crippen molar-refractivity contribution >= 4 is 5.91 Å². The number of nitrogens with one attached hydrogen (secondary N) is 1. The van der Waals surface area contributed by atoms with E-state index in [2.05, 4.69) is 19.2 Å². The maximum Gasteiger partial charge on any atom is 0.255 e. The number of aliphatic hydroxyl groups excluding tert-OH is 1. The van der Waals surface area contributed by atoms with Gasteiger partial charge in [0.1, 0.15) is 0 Å². The van der Waals surface area contributed by atoms with Crippen LogP contribution in [0.3, 0.4) is 0 Å². The molecule has 0 atom stereocenters. The molecule has 1 amide bonds. The van der Waals surface area contributed by atoms with Gasteiger partial charge in [-0.1, -0.05) is 19.9 Å². The zero-order chi connectivity index (χ0) is 15.9. The zero-order valence-electron chi connectivity index (χ0n) is 13.2. The van der Waals surface area contributed by atoms with Crippen LogP contribution in [0.1, 0.15) is 37.0 Å². The van der Waals surface area contributed by atoms with E-state index in [9.17, 15) is 4.79 Å². The Hall–Kier alpha value is -1.75. The van der Waals surface area contributed by atoms with Crippen molar-refractivity contribution in [3.8, 4) is 11.5 Å². The smallest absolute Gasteiger partial charge is 0.255 e. The highest BCUT2D eigenvalue weighted by atomic mass is 16.5. The zero-order valence-corrected chi connectivity index (χ0v) is 13.2. The number of amides is 1. The van der Waals surface area contributed by atoms with Gasteiger partial charge in [0.25, 0.3) is 5.91 Å². The van der Waals surface area contributed by atoms with Gasteiger partial charge in [0, 0.05) is 13.2 Å². The predicted molar refractivity (Wildman–Crippen MR) is 82.0 cm³/mol. The molecule has 0 fully saturated rings. The average molecular weight is 295 g/mol. The lowest BCUT2D eigenvalue weighted by molar-refractivity contribution is 0.0929. The lowest BCUT2D eigenvalue weighted by Crippen LogP contribution is -2.34. The van der Waals surface area contributed by atoms with E-state index in [1.54, 1.807) is 18.2 Å². The first-order valence-electron chi connectivity index (χ1n) is 7.05. The van der Waals surface area contributed by atoms with Crippen LogP contribution in [0.15, 0.2) is 18.2 Å². The Labute approximate surface area is 126 Å². The molecule has 0 spiro atoms. The highest BCUT2D eigenvalue weighted by Crippen LogP contribution is 2.30. The number of carbonyl (C=O) groups excluding carboxylic acids is 1. The van der Waals surface area contributed by atoms with Gasteiger partial charge in [-0.15, -0.1) is 0 Å².